The molecule has 2 atom stereocenters. The molecule has 2 heterocycles. The van der Waals surface area contributed by atoms with Crippen molar-refractivity contribution < 1.29 is 8.83 Å². The molecular formula is C49H37N3O2. The second-order valence-corrected chi connectivity index (χ2v) is 14.1. The third-order valence-corrected chi connectivity index (χ3v) is 10.8. The van der Waals surface area contributed by atoms with Crippen LogP contribution >= 0.6 is 0 Å². The van der Waals surface area contributed by atoms with Crippen molar-refractivity contribution >= 4 is 66.3 Å². The van der Waals surface area contributed by atoms with E-state index in [2.05, 4.69) is 97.1 Å². The third kappa shape index (κ3) is 5.57. The number of rotatable bonds is 6. The number of hydrogen-bond acceptors (Lipinski definition) is 3. The van der Waals surface area contributed by atoms with Gasteiger partial charge in [-0.2, -0.15) is 0 Å². The monoisotopic (exact) mass is 699 g/mol. The number of hydrogen-bond donors (Lipinski definition) is 1. The van der Waals surface area contributed by atoms with Crippen LogP contribution in [0.5, 0.6) is 0 Å². The fourth-order valence-electron chi connectivity index (χ4n) is 8.19. The first-order valence-electron chi connectivity index (χ1n) is 18.6. The van der Waals surface area contributed by atoms with Crippen LogP contribution in [-0.2, 0) is 0 Å². The van der Waals surface area contributed by atoms with Crippen LogP contribution in [-0.4, -0.2) is 18.2 Å². The molecule has 0 aliphatic heterocycles. The maximum Gasteiger partial charge on any atom is 0.157 e. The first-order valence-corrected chi connectivity index (χ1v) is 18.6. The molecule has 8 aromatic rings. The second-order valence-electron chi connectivity index (χ2n) is 14.1. The van der Waals surface area contributed by atoms with E-state index in [9.17, 15) is 0 Å². The van der Waals surface area contributed by atoms with Crippen LogP contribution in [0.1, 0.15) is 24.0 Å². The summed E-state index contributed by atoms with van der Waals surface area (Å²) in [5.41, 5.74) is 15.5. The predicted molar refractivity (Wildman–Crippen MR) is 224 cm³/mol. The van der Waals surface area contributed by atoms with Crippen molar-refractivity contribution in [2.75, 3.05) is 6.54 Å². The number of aliphatic imine (C=N–C) groups is 2. The standard InChI is InChI=1S/C49H37N3O2/c50-48(52-49(34-15-5-2-6-16-34)51-30-31-25-27-33(28-26-31)32-13-3-1-4-14-32)39-21-12-24-43-47(39)46-37(20-11-23-42(46)54-43)40-29-44-45(36-18-8-7-17-35(36)40)38-19-9-10-22-41(38)53-44/h1-13,15-25,27-29,31-32H,14,26,30H2,(H2,50,51,52). The molecule has 2 aliphatic carbocycles. The molecule has 54 heavy (non-hydrogen) atoms. The van der Waals surface area contributed by atoms with Crippen molar-refractivity contribution in [3.8, 4) is 11.1 Å². The molecule has 260 valence electrons. The fourth-order valence-corrected chi connectivity index (χ4v) is 8.19. The van der Waals surface area contributed by atoms with Gasteiger partial charge in [0.15, 0.2) is 5.84 Å². The molecule has 2 aromatic heterocycles. The number of fused-ring (bicyclic) bond motifs is 8. The van der Waals surface area contributed by atoms with Gasteiger partial charge in [0.05, 0.1) is 0 Å². The van der Waals surface area contributed by atoms with Crippen LogP contribution < -0.4 is 5.73 Å². The summed E-state index contributed by atoms with van der Waals surface area (Å²) in [6, 6.07) is 41.3. The zero-order valence-corrected chi connectivity index (χ0v) is 29.7. The summed E-state index contributed by atoms with van der Waals surface area (Å²) in [6.45, 7) is 0.613. The molecular weight excluding hydrogens is 663 g/mol. The zero-order valence-electron chi connectivity index (χ0n) is 29.7. The van der Waals surface area contributed by atoms with Crippen LogP contribution in [0, 0.1) is 11.8 Å². The molecule has 0 saturated carbocycles. The van der Waals surface area contributed by atoms with Crippen LogP contribution in [0.25, 0.3) is 65.8 Å². The maximum atomic E-state index is 7.03. The molecule has 0 bridgehead atoms. The second kappa shape index (κ2) is 13.4. The molecule has 2 unspecified atom stereocenters. The number of para-hydroxylation sites is 1. The Morgan fingerprint density at radius 2 is 1.37 bits per heavy atom. The average molecular weight is 700 g/mol. The number of furan rings is 2. The molecule has 0 fully saturated rings. The lowest BCUT2D eigenvalue weighted by atomic mass is 9.86. The van der Waals surface area contributed by atoms with Crippen molar-refractivity contribution in [3.63, 3.8) is 0 Å². The van der Waals surface area contributed by atoms with Gasteiger partial charge in [-0.25, -0.2) is 4.99 Å². The van der Waals surface area contributed by atoms with E-state index in [-0.39, 0.29) is 5.92 Å². The molecule has 0 amide bonds. The van der Waals surface area contributed by atoms with Crippen molar-refractivity contribution in [3.05, 3.63) is 181 Å². The Labute approximate surface area is 312 Å². The van der Waals surface area contributed by atoms with Crippen LogP contribution in [0.3, 0.4) is 0 Å². The largest absolute Gasteiger partial charge is 0.456 e. The summed E-state index contributed by atoms with van der Waals surface area (Å²) in [6.07, 6.45) is 17.7. The van der Waals surface area contributed by atoms with Crippen molar-refractivity contribution in [1.82, 2.24) is 0 Å². The highest BCUT2D eigenvalue weighted by atomic mass is 16.3. The minimum Gasteiger partial charge on any atom is -0.456 e. The Morgan fingerprint density at radius 3 is 2.19 bits per heavy atom. The van der Waals surface area contributed by atoms with E-state index >= 15 is 0 Å². The highest BCUT2D eigenvalue weighted by Crippen LogP contribution is 2.44. The zero-order chi connectivity index (χ0) is 36.0. The van der Waals surface area contributed by atoms with Crippen molar-refractivity contribution in [1.29, 1.82) is 0 Å². The number of amidine groups is 2. The van der Waals surface area contributed by atoms with Crippen LogP contribution in [0.15, 0.2) is 188 Å². The van der Waals surface area contributed by atoms with Gasteiger partial charge in [-0.1, -0.05) is 140 Å². The molecule has 5 heteroatoms. The Hall–Kier alpha value is -6.72. The van der Waals surface area contributed by atoms with E-state index in [0.29, 0.717) is 24.1 Å². The summed E-state index contributed by atoms with van der Waals surface area (Å²) in [5, 5.41) is 6.43. The third-order valence-electron chi connectivity index (χ3n) is 10.8. The Balaban J connectivity index is 1.08. The first kappa shape index (κ1) is 32.0. The van der Waals surface area contributed by atoms with Gasteiger partial charge in [0, 0.05) is 51.1 Å². The van der Waals surface area contributed by atoms with Crippen LogP contribution in [0.2, 0.25) is 0 Å². The number of nitrogens with zero attached hydrogens (tertiary/aromatic N) is 2. The molecule has 0 radical (unpaired) electrons. The van der Waals surface area contributed by atoms with Gasteiger partial charge >= 0.3 is 0 Å². The Morgan fingerprint density at radius 1 is 0.630 bits per heavy atom. The minimum absolute atomic E-state index is 0.287. The molecule has 0 saturated heterocycles. The highest BCUT2D eigenvalue weighted by molar-refractivity contribution is 6.27. The van der Waals surface area contributed by atoms with Crippen LogP contribution in [0.4, 0.5) is 0 Å². The normalized spacial score (nSPS) is 17.7. The predicted octanol–water partition coefficient (Wildman–Crippen LogP) is 12.1. The van der Waals surface area contributed by atoms with Gasteiger partial charge in [-0.3, -0.25) is 4.99 Å². The molecule has 2 aliphatic rings. The van der Waals surface area contributed by atoms with Gasteiger partial charge in [-0.15, -0.1) is 0 Å². The summed E-state index contributed by atoms with van der Waals surface area (Å²) in [7, 11) is 0. The first-order chi connectivity index (χ1) is 26.7. The lowest BCUT2D eigenvalue weighted by Crippen LogP contribution is -2.17. The van der Waals surface area contributed by atoms with Gasteiger partial charge in [0.1, 0.15) is 28.2 Å². The number of benzene rings is 6. The summed E-state index contributed by atoms with van der Waals surface area (Å²) in [5.74, 6) is 1.74. The lowest BCUT2D eigenvalue weighted by Gasteiger charge is -2.20. The van der Waals surface area contributed by atoms with Gasteiger partial charge in [-0.05, 0) is 64.6 Å². The van der Waals surface area contributed by atoms with E-state index < -0.39 is 0 Å². The molecule has 6 aromatic carbocycles. The molecule has 0 spiro atoms. The van der Waals surface area contributed by atoms with E-state index in [1.165, 1.54) is 5.57 Å². The smallest absolute Gasteiger partial charge is 0.157 e. The van der Waals surface area contributed by atoms with E-state index in [4.69, 9.17) is 24.6 Å². The minimum atomic E-state index is 0.287. The number of nitrogens with two attached hydrogens (primary N) is 1. The van der Waals surface area contributed by atoms with E-state index in [1.807, 2.05) is 66.7 Å². The fraction of sp³-hybridized carbons (Fsp3) is 0.102. The van der Waals surface area contributed by atoms with Crippen molar-refractivity contribution in [2.45, 2.75) is 12.8 Å². The Kier molecular flexibility index (Phi) is 7.91. The molecule has 10 rings (SSSR count). The average Bonchev–Trinajstić information content (AvgIpc) is 3.82. The quantitative estimate of drug-likeness (QED) is 0.139. The van der Waals surface area contributed by atoms with E-state index in [0.717, 1.165) is 89.7 Å². The SMILES string of the molecule is N/C(=N\C(=N/CC1C=CC(C2C=CC=CC2)=CC1)c1ccccc1)c1cccc2oc3cccc(-c4cc5oc6ccccc6c5c5ccccc45)c3c12. The molecule has 5 nitrogen and oxygen atoms in total. The Bertz CT molecular complexity index is 2930. The summed E-state index contributed by atoms with van der Waals surface area (Å²) < 4.78 is 13.0. The van der Waals surface area contributed by atoms with Gasteiger partial charge in [0.2, 0.25) is 0 Å². The lowest BCUT2D eigenvalue weighted by molar-refractivity contribution is 0.651. The number of allylic oxidation sites excluding steroid dienone is 7. The van der Waals surface area contributed by atoms with Crippen molar-refractivity contribution in [2.24, 2.45) is 27.6 Å². The van der Waals surface area contributed by atoms with Gasteiger partial charge < -0.3 is 14.6 Å². The van der Waals surface area contributed by atoms with Gasteiger partial charge in [0.25, 0.3) is 0 Å². The maximum absolute atomic E-state index is 7.03. The van der Waals surface area contributed by atoms with E-state index in [1.54, 1.807) is 0 Å². The summed E-state index contributed by atoms with van der Waals surface area (Å²) in [4.78, 5) is 10.2. The summed E-state index contributed by atoms with van der Waals surface area (Å²) >= 11 is 0. The highest BCUT2D eigenvalue weighted by Gasteiger charge is 2.21. The topological polar surface area (TPSA) is 77.0 Å². The molecule has 2 N–H and O–H groups in total.